The molecule has 0 saturated carbocycles. The third-order valence-corrected chi connectivity index (χ3v) is 4.90. The number of nitrogens with two attached hydrogens (primary N) is 1. The van der Waals surface area contributed by atoms with Crippen LogP contribution < -0.4 is 16.4 Å². The third-order valence-electron chi connectivity index (χ3n) is 4.41. The Balaban J connectivity index is 0.00000338. The van der Waals surface area contributed by atoms with Gasteiger partial charge in [0.25, 0.3) is 5.91 Å². The first-order chi connectivity index (χ1) is 12.1. The fourth-order valence-corrected chi connectivity index (χ4v) is 3.42. The van der Waals surface area contributed by atoms with Crippen molar-refractivity contribution in [3.8, 4) is 0 Å². The summed E-state index contributed by atoms with van der Waals surface area (Å²) in [7, 11) is 0. The van der Waals surface area contributed by atoms with Crippen molar-refractivity contribution in [3.05, 3.63) is 34.3 Å². The molecule has 1 atom stereocenters. The second-order valence-corrected chi connectivity index (χ2v) is 7.11. The number of likely N-dealkylation sites (tertiary alicyclic amines) is 1. The molecular weight excluding hydrogens is 509 g/mol. The van der Waals surface area contributed by atoms with Crippen LogP contribution >= 0.6 is 39.9 Å². The average molecular weight is 538 g/mol. The van der Waals surface area contributed by atoms with E-state index in [1.54, 1.807) is 12.1 Å². The van der Waals surface area contributed by atoms with E-state index in [2.05, 4.69) is 43.4 Å². The SMILES string of the molecule is CCN1CCCC1CN=C(N)NCCCNC(=O)c1cccc(Br)c1.I. The van der Waals surface area contributed by atoms with Crippen LogP contribution in [0.5, 0.6) is 0 Å². The fraction of sp³-hybridized carbons (Fsp3) is 0.556. The number of likely N-dealkylation sites (N-methyl/N-ethyl adjacent to an activating group) is 1. The first-order valence-corrected chi connectivity index (χ1v) is 9.71. The Labute approximate surface area is 181 Å². The number of carbonyl (C=O) groups excluding carboxylic acids is 1. The van der Waals surface area contributed by atoms with Crippen LogP contribution in [0.4, 0.5) is 0 Å². The maximum Gasteiger partial charge on any atom is 0.251 e. The fourth-order valence-electron chi connectivity index (χ4n) is 3.02. The molecular formula is C18H29BrIN5O. The average Bonchev–Trinajstić information content (AvgIpc) is 3.07. The molecule has 2 rings (SSSR count). The van der Waals surface area contributed by atoms with E-state index in [1.807, 2.05) is 12.1 Å². The zero-order chi connectivity index (χ0) is 18.1. The van der Waals surface area contributed by atoms with Crippen LogP contribution in [0, 0.1) is 0 Å². The smallest absolute Gasteiger partial charge is 0.251 e. The maximum atomic E-state index is 12.0. The van der Waals surface area contributed by atoms with Crippen molar-refractivity contribution in [3.63, 3.8) is 0 Å². The van der Waals surface area contributed by atoms with Gasteiger partial charge in [-0.2, -0.15) is 0 Å². The van der Waals surface area contributed by atoms with Crippen LogP contribution in [0.25, 0.3) is 0 Å². The number of aliphatic imine (C=N–C) groups is 1. The molecule has 1 aliphatic heterocycles. The van der Waals surface area contributed by atoms with Gasteiger partial charge >= 0.3 is 0 Å². The summed E-state index contributed by atoms with van der Waals surface area (Å²) in [5, 5.41) is 6.02. The zero-order valence-electron chi connectivity index (χ0n) is 15.2. The molecule has 0 radical (unpaired) electrons. The van der Waals surface area contributed by atoms with E-state index in [9.17, 15) is 4.79 Å². The number of guanidine groups is 1. The third kappa shape index (κ3) is 7.79. The minimum absolute atomic E-state index is 0. The quantitative estimate of drug-likeness (QED) is 0.206. The molecule has 1 aromatic carbocycles. The van der Waals surface area contributed by atoms with E-state index in [0.717, 1.165) is 24.0 Å². The monoisotopic (exact) mass is 537 g/mol. The molecule has 0 aliphatic carbocycles. The summed E-state index contributed by atoms with van der Waals surface area (Å²) >= 11 is 3.37. The molecule has 1 fully saturated rings. The highest BCUT2D eigenvalue weighted by atomic mass is 127. The normalized spacial score (nSPS) is 17.6. The van der Waals surface area contributed by atoms with Crippen LogP contribution in [0.3, 0.4) is 0 Å². The van der Waals surface area contributed by atoms with Crippen LogP contribution in [-0.4, -0.2) is 55.5 Å². The van der Waals surface area contributed by atoms with Crippen LogP contribution in [0.2, 0.25) is 0 Å². The van der Waals surface area contributed by atoms with E-state index in [0.29, 0.717) is 30.7 Å². The number of benzene rings is 1. The van der Waals surface area contributed by atoms with Gasteiger partial charge in [-0.05, 0) is 50.6 Å². The Morgan fingerprint density at radius 2 is 2.15 bits per heavy atom. The van der Waals surface area contributed by atoms with Crippen molar-refractivity contribution < 1.29 is 4.79 Å². The molecule has 1 unspecified atom stereocenters. The highest BCUT2D eigenvalue weighted by Crippen LogP contribution is 2.16. The summed E-state index contributed by atoms with van der Waals surface area (Å²) in [6.07, 6.45) is 3.24. The van der Waals surface area contributed by atoms with Crippen LogP contribution in [-0.2, 0) is 0 Å². The van der Waals surface area contributed by atoms with Crippen molar-refractivity contribution in [2.24, 2.45) is 10.7 Å². The van der Waals surface area contributed by atoms with Gasteiger partial charge in [-0.1, -0.05) is 28.9 Å². The Morgan fingerprint density at radius 1 is 1.38 bits per heavy atom. The molecule has 1 heterocycles. The number of nitrogens with zero attached hydrogens (tertiary/aromatic N) is 2. The Morgan fingerprint density at radius 3 is 2.88 bits per heavy atom. The predicted octanol–water partition coefficient (Wildman–Crippen LogP) is 2.58. The van der Waals surface area contributed by atoms with Gasteiger partial charge in [-0.3, -0.25) is 14.7 Å². The summed E-state index contributed by atoms with van der Waals surface area (Å²) in [5.74, 6) is 0.421. The molecule has 1 saturated heterocycles. The zero-order valence-corrected chi connectivity index (χ0v) is 19.1. The van der Waals surface area contributed by atoms with Gasteiger partial charge in [0.15, 0.2) is 5.96 Å². The van der Waals surface area contributed by atoms with E-state index in [1.165, 1.54) is 19.4 Å². The topological polar surface area (TPSA) is 82.8 Å². The lowest BCUT2D eigenvalue weighted by Crippen LogP contribution is -2.37. The van der Waals surface area contributed by atoms with Gasteiger partial charge in [-0.15, -0.1) is 24.0 Å². The molecule has 26 heavy (non-hydrogen) atoms. The Kier molecular flexibility index (Phi) is 11.1. The summed E-state index contributed by atoms with van der Waals surface area (Å²) in [6, 6.07) is 7.87. The summed E-state index contributed by atoms with van der Waals surface area (Å²) < 4.78 is 0.898. The Hall–Kier alpha value is -0.870. The molecule has 1 aliphatic rings. The van der Waals surface area contributed by atoms with Crippen LogP contribution in [0.1, 0.15) is 36.5 Å². The summed E-state index contributed by atoms with van der Waals surface area (Å²) in [5.41, 5.74) is 6.57. The minimum atomic E-state index is -0.0659. The highest BCUT2D eigenvalue weighted by molar-refractivity contribution is 14.0. The first kappa shape index (κ1) is 23.2. The number of rotatable bonds is 8. The second-order valence-electron chi connectivity index (χ2n) is 6.20. The van der Waals surface area contributed by atoms with Crippen molar-refractivity contribution in [2.75, 3.05) is 32.7 Å². The van der Waals surface area contributed by atoms with Crippen molar-refractivity contribution in [2.45, 2.75) is 32.2 Å². The number of hydrogen-bond donors (Lipinski definition) is 3. The number of halogens is 2. The van der Waals surface area contributed by atoms with E-state index >= 15 is 0 Å². The van der Waals surface area contributed by atoms with Crippen LogP contribution in [0.15, 0.2) is 33.7 Å². The number of hydrogen-bond acceptors (Lipinski definition) is 3. The lowest BCUT2D eigenvalue weighted by atomic mass is 10.2. The van der Waals surface area contributed by atoms with E-state index in [4.69, 9.17) is 5.73 Å². The standard InChI is InChI=1S/C18H28BrN5O.HI/c1-2-24-11-4-8-16(24)13-23-18(20)22-10-5-9-21-17(25)14-6-3-7-15(19)12-14;/h3,6-7,12,16H,2,4-5,8-11,13H2,1H3,(H,21,25)(H3,20,22,23);1H. The number of carbonyl (C=O) groups is 1. The second kappa shape index (κ2) is 12.5. The molecule has 146 valence electrons. The lowest BCUT2D eigenvalue weighted by Gasteiger charge is -2.20. The van der Waals surface area contributed by atoms with Crippen molar-refractivity contribution in [1.29, 1.82) is 0 Å². The van der Waals surface area contributed by atoms with Gasteiger partial charge < -0.3 is 16.4 Å². The molecule has 4 N–H and O–H groups in total. The van der Waals surface area contributed by atoms with Gasteiger partial charge in [0.05, 0.1) is 6.54 Å². The van der Waals surface area contributed by atoms with E-state index in [-0.39, 0.29) is 29.9 Å². The van der Waals surface area contributed by atoms with Crippen molar-refractivity contribution in [1.82, 2.24) is 15.5 Å². The van der Waals surface area contributed by atoms with Gasteiger partial charge in [0, 0.05) is 29.2 Å². The summed E-state index contributed by atoms with van der Waals surface area (Å²) in [6.45, 7) is 6.47. The van der Waals surface area contributed by atoms with Gasteiger partial charge in [0.1, 0.15) is 0 Å². The predicted molar refractivity (Wildman–Crippen MR) is 121 cm³/mol. The lowest BCUT2D eigenvalue weighted by molar-refractivity contribution is 0.0953. The molecule has 1 amide bonds. The Bertz CT molecular complexity index is 599. The molecule has 0 bridgehead atoms. The van der Waals surface area contributed by atoms with E-state index < -0.39 is 0 Å². The molecule has 8 heteroatoms. The largest absolute Gasteiger partial charge is 0.370 e. The number of amides is 1. The highest BCUT2D eigenvalue weighted by Gasteiger charge is 2.22. The maximum absolute atomic E-state index is 12.0. The molecule has 0 aromatic heterocycles. The molecule has 0 spiro atoms. The molecule has 6 nitrogen and oxygen atoms in total. The number of nitrogens with one attached hydrogen (secondary N) is 2. The molecule has 1 aromatic rings. The minimum Gasteiger partial charge on any atom is -0.370 e. The van der Waals surface area contributed by atoms with Gasteiger partial charge in [-0.25, -0.2) is 0 Å². The van der Waals surface area contributed by atoms with Gasteiger partial charge in [0.2, 0.25) is 0 Å². The first-order valence-electron chi connectivity index (χ1n) is 8.91. The van der Waals surface area contributed by atoms with Crippen molar-refractivity contribution >= 4 is 51.8 Å². The summed E-state index contributed by atoms with van der Waals surface area (Å²) in [4.78, 5) is 18.9.